The molecule has 0 amide bonds. The van der Waals surface area contributed by atoms with Gasteiger partial charge in [0.05, 0.1) is 8.81 Å². The van der Waals surface area contributed by atoms with Crippen LogP contribution in [0.3, 0.4) is 0 Å². The lowest BCUT2D eigenvalue weighted by molar-refractivity contribution is 0.471. The highest BCUT2D eigenvalue weighted by molar-refractivity contribution is 9.11. The van der Waals surface area contributed by atoms with Gasteiger partial charge in [0.2, 0.25) is 10.0 Å². The van der Waals surface area contributed by atoms with Gasteiger partial charge in [-0.1, -0.05) is 54.2 Å². The molecule has 0 aliphatic heterocycles. The van der Waals surface area contributed by atoms with E-state index in [0.717, 1.165) is 24.2 Å². The first-order valence-electron chi connectivity index (χ1n) is 5.90. The van der Waals surface area contributed by atoms with E-state index in [9.17, 15) is 8.42 Å². The van der Waals surface area contributed by atoms with Gasteiger partial charge in [-0.15, -0.1) is 11.3 Å². The molecule has 0 bridgehead atoms. The molecule has 0 aliphatic carbocycles. The maximum Gasteiger partial charge on any atom is 0.250 e. The molecule has 110 valence electrons. The van der Waals surface area contributed by atoms with Crippen LogP contribution in [-0.4, -0.2) is 19.8 Å². The topological polar surface area (TPSA) is 46.2 Å². The Morgan fingerprint density at radius 3 is 2.42 bits per heavy atom. The van der Waals surface area contributed by atoms with Gasteiger partial charge in [-0.3, -0.25) is 0 Å². The van der Waals surface area contributed by atoms with Gasteiger partial charge < -0.3 is 0 Å². The van der Waals surface area contributed by atoms with Crippen LogP contribution in [0.5, 0.6) is 0 Å². The largest absolute Gasteiger partial charge is 0.250 e. The summed E-state index contributed by atoms with van der Waals surface area (Å²) in [6.07, 6.45) is 2.04. The van der Waals surface area contributed by atoms with Crippen LogP contribution in [0.2, 0.25) is 5.02 Å². The van der Waals surface area contributed by atoms with Crippen LogP contribution >= 0.6 is 54.8 Å². The molecule has 0 spiro atoms. The van der Waals surface area contributed by atoms with Crippen LogP contribution in [-0.2, 0) is 10.0 Å². The van der Waals surface area contributed by atoms with Crippen LogP contribution in [0.15, 0.2) is 14.1 Å². The number of rotatable bonds is 7. The molecule has 1 heterocycles. The fraction of sp³-hybridized carbons (Fsp3) is 0.636. The highest BCUT2D eigenvalue weighted by Crippen LogP contribution is 2.34. The predicted octanol–water partition coefficient (Wildman–Crippen LogP) is 4.64. The Balaban J connectivity index is 2.71. The van der Waals surface area contributed by atoms with Crippen LogP contribution in [0.25, 0.3) is 0 Å². The Kier molecular flexibility index (Phi) is 7.31. The van der Waals surface area contributed by atoms with Crippen LogP contribution < -0.4 is 4.72 Å². The summed E-state index contributed by atoms with van der Waals surface area (Å²) in [5, 5.41) is 0.417. The lowest BCUT2D eigenvalue weighted by Gasteiger charge is -2.19. The number of sulfonamides is 1. The number of hydrogen-bond donors (Lipinski definition) is 1. The summed E-state index contributed by atoms with van der Waals surface area (Å²) in [6.45, 7) is 4.59. The molecule has 0 fully saturated rings. The number of alkyl halides is 1. The molecule has 19 heavy (non-hydrogen) atoms. The second-order valence-corrected chi connectivity index (χ2v) is 10.1. The fourth-order valence-electron chi connectivity index (χ4n) is 1.69. The fourth-order valence-corrected chi connectivity index (χ4v) is 6.31. The minimum absolute atomic E-state index is 0.135. The van der Waals surface area contributed by atoms with E-state index in [-0.39, 0.29) is 9.04 Å². The molecule has 1 unspecified atom stereocenters. The van der Waals surface area contributed by atoms with Crippen molar-refractivity contribution in [2.45, 2.75) is 35.7 Å². The van der Waals surface area contributed by atoms with Gasteiger partial charge in [-0.05, 0) is 27.9 Å². The summed E-state index contributed by atoms with van der Waals surface area (Å²) in [6, 6.07) is 1.46. The third-order valence-corrected chi connectivity index (χ3v) is 8.36. The second kappa shape index (κ2) is 7.75. The normalized spacial score (nSPS) is 14.0. The molecular weight excluding hydrogens is 438 g/mol. The molecule has 1 N–H and O–H groups in total. The first-order valence-corrected chi connectivity index (χ1v) is 10.3. The van der Waals surface area contributed by atoms with Crippen LogP contribution in [0.1, 0.15) is 26.7 Å². The standard InChI is InChI=1S/C11H16Br2ClNO2S2/c1-3-7(4-2)8(12)6-15-19(16,17)10-5-9(14)11(13)18-10/h5,7-8,15H,3-4,6H2,1-2H3. The third kappa shape index (κ3) is 4.97. The van der Waals surface area contributed by atoms with Crippen molar-refractivity contribution in [3.8, 4) is 0 Å². The zero-order chi connectivity index (χ0) is 14.6. The van der Waals surface area contributed by atoms with E-state index in [1.807, 2.05) is 0 Å². The quantitative estimate of drug-likeness (QED) is 0.611. The Hall–Kier alpha value is 0.860. The monoisotopic (exact) mass is 451 g/mol. The van der Waals surface area contributed by atoms with Gasteiger partial charge in [0, 0.05) is 11.4 Å². The summed E-state index contributed by atoms with van der Waals surface area (Å²) in [4.78, 5) is 0.135. The zero-order valence-corrected chi connectivity index (χ0v) is 16.2. The van der Waals surface area contributed by atoms with E-state index in [1.54, 1.807) is 0 Å². The molecular formula is C11H16Br2ClNO2S2. The Morgan fingerprint density at radius 2 is 2.00 bits per heavy atom. The van der Waals surface area contributed by atoms with Crippen molar-refractivity contribution in [3.63, 3.8) is 0 Å². The number of halogens is 3. The second-order valence-electron chi connectivity index (χ2n) is 4.13. The van der Waals surface area contributed by atoms with Gasteiger partial charge in [-0.2, -0.15) is 0 Å². The molecule has 0 radical (unpaired) electrons. The summed E-state index contributed by atoms with van der Waals surface area (Å²) in [7, 11) is -3.48. The van der Waals surface area contributed by atoms with Crippen molar-refractivity contribution in [1.82, 2.24) is 4.72 Å². The molecule has 3 nitrogen and oxygen atoms in total. The minimum Gasteiger partial charge on any atom is -0.209 e. The van der Waals surface area contributed by atoms with E-state index in [4.69, 9.17) is 11.6 Å². The number of hydrogen-bond acceptors (Lipinski definition) is 3. The van der Waals surface area contributed by atoms with Crippen LogP contribution in [0.4, 0.5) is 0 Å². The van der Waals surface area contributed by atoms with Gasteiger partial charge in [0.15, 0.2) is 0 Å². The van der Waals surface area contributed by atoms with Crippen molar-refractivity contribution in [2.75, 3.05) is 6.54 Å². The van der Waals surface area contributed by atoms with Crippen LogP contribution in [0, 0.1) is 5.92 Å². The average molecular weight is 454 g/mol. The number of thiophene rings is 1. The minimum atomic E-state index is -3.48. The smallest absolute Gasteiger partial charge is 0.209 e. The summed E-state index contributed by atoms with van der Waals surface area (Å²) in [5.74, 6) is 0.460. The highest BCUT2D eigenvalue weighted by Gasteiger charge is 2.22. The first kappa shape index (κ1) is 17.9. The van der Waals surface area contributed by atoms with Gasteiger partial charge in [0.1, 0.15) is 4.21 Å². The molecule has 1 aromatic heterocycles. The van der Waals surface area contributed by atoms with Crippen molar-refractivity contribution in [1.29, 1.82) is 0 Å². The Morgan fingerprint density at radius 1 is 1.42 bits per heavy atom. The SMILES string of the molecule is CCC(CC)C(Br)CNS(=O)(=O)c1cc(Cl)c(Br)s1. The lowest BCUT2D eigenvalue weighted by Crippen LogP contribution is -2.32. The predicted molar refractivity (Wildman–Crippen MR) is 89.0 cm³/mol. The Bertz CT molecular complexity index is 495. The van der Waals surface area contributed by atoms with E-state index in [1.165, 1.54) is 6.07 Å². The molecule has 0 saturated carbocycles. The maximum atomic E-state index is 12.1. The van der Waals surface area contributed by atoms with E-state index >= 15 is 0 Å². The molecule has 8 heteroatoms. The highest BCUT2D eigenvalue weighted by atomic mass is 79.9. The third-order valence-electron chi connectivity index (χ3n) is 2.92. The summed E-state index contributed by atoms with van der Waals surface area (Å²) >= 11 is 13.7. The van der Waals surface area contributed by atoms with Gasteiger partial charge >= 0.3 is 0 Å². The van der Waals surface area contributed by atoms with E-state index < -0.39 is 10.0 Å². The lowest BCUT2D eigenvalue weighted by atomic mass is 10.00. The van der Waals surface area contributed by atoms with Crippen molar-refractivity contribution in [3.05, 3.63) is 14.9 Å². The zero-order valence-electron chi connectivity index (χ0n) is 10.6. The van der Waals surface area contributed by atoms with Gasteiger partial charge in [-0.25, -0.2) is 13.1 Å². The Labute approximate surface area is 140 Å². The van der Waals surface area contributed by atoms with Crippen molar-refractivity contribution < 1.29 is 8.42 Å². The summed E-state index contributed by atoms with van der Waals surface area (Å²) < 4.78 is 27.7. The van der Waals surface area contributed by atoms with E-state index in [0.29, 0.717) is 21.3 Å². The molecule has 0 saturated heterocycles. The molecule has 1 rings (SSSR count). The maximum absolute atomic E-state index is 12.1. The van der Waals surface area contributed by atoms with E-state index in [2.05, 4.69) is 50.4 Å². The molecule has 0 aromatic carbocycles. The van der Waals surface area contributed by atoms with Crippen molar-refractivity contribution >= 4 is 64.8 Å². The number of nitrogens with one attached hydrogen (secondary N) is 1. The average Bonchev–Trinajstić information content (AvgIpc) is 2.70. The van der Waals surface area contributed by atoms with Crippen molar-refractivity contribution in [2.24, 2.45) is 5.92 Å². The summed E-state index contributed by atoms with van der Waals surface area (Å²) in [5.41, 5.74) is 0. The van der Waals surface area contributed by atoms with Gasteiger partial charge in [0.25, 0.3) is 0 Å². The molecule has 0 aliphatic rings. The molecule has 1 aromatic rings. The molecule has 1 atom stereocenters. The first-order chi connectivity index (χ1) is 8.81.